The predicted molar refractivity (Wildman–Crippen MR) is 108 cm³/mol. The first kappa shape index (κ1) is 20.8. The highest BCUT2D eigenvalue weighted by atomic mass is 16.5. The number of phenolic OH excluding ortho intramolecular Hbond substituents is 1. The summed E-state index contributed by atoms with van der Waals surface area (Å²) in [6, 6.07) is 10.4. The molecule has 0 bridgehead atoms. The lowest BCUT2D eigenvalue weighted by Crippen LogP contribution is -2.29. The van der Waals surface area contributed by atoms with Crippen LogP contribution in [0.25, 0.3) is 11.1 Å². The predicted octanol–water partition coefficient (Wildman–Crippen LogP) is 5.82. The third-order valence-electron chi connectivity index (χ3n) is 4.67. The average molecular weight is 370 g/mol. The van der Waals surface area contributed by atoms with Crippen LogP contribution in [-0.2, 0) is 16.8 Å². The lowest BCUT2D eigenvalue weighted by atomic mass is 9.84. The number of aromatic hydroxyl groups is 1. The Labute approximate surface area is 161 Å². The Morgan fingerprint density at radius 2 is 1.81 bits per heavy atom. The molecule has 2 aromatic rings. The maximum Gasteiger partial charge on any atom is 0.300 e. The Morgan fingerprint density at radius 3 is 2.44 bits per heavy atom. The summed E-state index contributed by atoms with van der Waals surface area (Å²) in [6.07, 6.45) is 4.55. The van der Waals surface area contributed by atoms with Gasteiger partial charge in [0.05, 0.1) is 5.56 Å². The summed E-state index contributed by atoms with van der Waals surface area (Å²) in [5.41, 5.74) is 5.02. The van der Waals surface area contributed by atoms with E-state index in [1.807, 2.05) is 6.07 Å². The van der Waals surface area contributed by atoms with E-state index in [9.17, 15) is 5.11 Å². The quantitative estimate of drug-likeness (QED) is 0.666. The van der Waals surface area contributed by atoms with Crippen LogP contribution in [0.4, 0.5) is 0 Å². The lowest BCUT2D eigenvalue weighted by molar-refractivity contribution is -0.134. The van der Waals surface area contributed by atoms with Crippen LogP contribution in [0.1, 0.15) is 63.6 Å². The number of rotatable bonds is 4. The molecule has 0 unspecified atom stereocenters. The first-order valence-corrected chi connectivity index (χ1v) is 9.51. The van der Waals surface area contributed by atoms with Crippen LogP contribution >= 0.6 is 0 Å². The van der Waals surface area contributed by atoms with Crippen molar-refractivity contribution in [2.45, 2.75) is 65.9 Å². The highest BCUT2D eigenvalue weighted by molar-refractivity contribution is 5.82. The molecule has 0 aromatic heterocycles. The van der Waals surface area contributed by atoms with Gasteiger partial charge in [0.25, 0.3) is 5.97 Å². The summed E-state index contributed by atoms with van der Waals surface area (Å²) >= 11 is 0. The largest absolute Gasteiger partial charge is 0.507 e. The number of unbranched alkanes of at least 4 members (excludes halogenated alkanes) is 2. The second-order valence-corrected chi connectivity index (χ2v) is 7.63. The number of aliphatic carboxylic acids is 1. The zero-order valence-electron chi connectivity index (χ0n) is 16.9. The molecule has 2 aromatic carbocycles. The van der Waals surface area contributed by atoms with Crippen LogP contribution in [0.3, 0.4) is 0 Å². The van der Waals surface area contributed by atoms with Gasteiger partial charge in [0.15, 0.2) is 0 Å². The van der Waals surface area contributed by atoms with Crippen molar-refractivity contribution >= 4 is 5.97 Å². The van der Waals surface area contributed by atoms with E-state index in [2.05, 4.69) is 52.0 Å². The van der Waals surface area contributed by atoms with E-state index in [0.29, 0.717) is 5.75 Å². The molecule has 0 saturated heterocycles. The molecular formula is C23H30O4. The first-order valence-electron chi connectivity index (χ1n) is 9.51. The average Bonchev–Trinajstić information content (AvgIpc) is 2.53. The van der Waals surface area contributed by atoms with Gasteiger partial charge in [-0.3, -0.25) is 4.79 Å². The molecule has 1 aliphatic heterocycles. The fourth-order valence-electron chi connectivity index (χ4n) is 3.45. The summed E-state index contributed by atoms with van der Waals surface area (Å²) in [5.74, 6) is 0.302. The SMILES string of the molecule is CC(=O)O.CCCCCc1cc(O)c2c(c1)OC(C)(C)c1ccc(C)cc1-2. The molecule has 0 radical (unpaired) electrons. The second-order valence-electron chi connectivity index (χ2n) is 7.63. The maximum atomic E-state index is 10.6. The van der Waals surface area contributed by atoms with Gasteiger partial charge in [-0.15, -0.1) is 0 Å². The first-order chi connectivity index (χ1) is 12.7. The monoisotopic (exact) mass is 370 g/mol. The molecule has 146 valence electrons. The minimum Gasteiger partial charge on any atom is -0.507 e. The highest BCUT2D eigenvalue weighted by Gasteiger charge is 2.34. The van der Waals surface area contributed by atoms with Crippen molar-refractivity contribution in [1.29, 1.82) is 0 Å². The zero-order chi connectivity index (χ0) is 20.2. The third kappa shape index (κ3) is 5.03. The van der Waals surface area contributed by atoms with Crippen molar-refractivity contribution in [2.75, 3.05) is 0 Å². The van der Waals surface area contributed by atoms with Crippen molar-refractivity contribution < 1.29 is 19.7 Å². The van der Waals surface area contributed by atoms with Crippen LogP contribution in [0.15, 0.2) is 30.3 Å². The Morgan fingerprint density at radius 1 is 1.15 bits per heavy atom. The summed E-state index contributed by atoms with van der Waals surface area (Å²) in [4.78, 5) is 9.00. The summed E-state index contributed by atoms with van der Waals surface area (Å²) < 4.78 is 6.25. The van der Waals surface area contributed by atoms with Gasteiger partial charge in [-0.2, -0.15) is 0 Å². The number of aryl methyl sites for hydroxylation is 2. The maximum absolute atomic E-state index is 10.6. The van der Waals surface area contributed by atoms with Gasteiger partial charge < -0.3 is 14.9 Å². The molecule has 1 aliphatic rings. The molecule has 4 nitrogen and oxygen atoms in total. The van der Waals surface area contributed by atoms with E-state index in [-0.39, 0.29) is 5.60 Å². The van der Waals surface area contributed by atoms with E-state index in [0.717, 1.165) is 47.8 Å². The number of carbonyl (C=O) groups is 1. The van der Waals surface area contributed by atoms with Gasteiger partial charge in [-0.1, -0.05) is 43.5 Å². The van der Waals surface area contributed by atoms with Gasteiger partial charge in [0, 0.05) is 12.5 Å². The number of phenols is 1. The summed E-state index contributed by atoms with van der Waals surface area (Å²) in [6.45, 7) is 9.55. The Hall–Kier alpha value is -2.49. The fraction of sp³-hybridized carbons (Fsp3) is 0.435. The van der Waals surface area contributed by atoms with Crippen molar-refractivity contribution in [3.8, 4) is 22.6 Å². The molecule has 27 heavy (non-hydrogen) atoms. The molecule has 0 atom stereocenters. The zero-order valence-corrected chi connectivity index (χ0v) is 16.9. The molecule has 0 amide bonds. The van der Waals surface area contributed by atoms with Gasteiger partial charge in [-0.25, -0.2) is 0 Å². The van der Waals surface area contributed by atoms with E-state index < -0.39 is 5.97 Å². The number of ether oxygens (including phenoxy) is 1. The molecule has 4 heteroatoms. The molecule has 3 rings (SSSR count). The molecule has 0 saturated carbocycles. The van der Waals surface area contributed by atoms with Gasteiger partial charge in [0.1, 0.15) is 17.1 Å². The standard InChI is InChI=1S/C21H26O2.C2H4O2/c1-5-6-7-8-15-12-18(22)20-16-11-14(2)9-10-17(16)21(3,4)23-19(20)13-15;1-2(3)4/h9-13,22H,5-8H2,1-4H3;1H3,(H,3,4). The third-order valence-corrected chi connectivity index (χ3v) is 4.67. The fourth-order valence-corrected chi connectivity index (χ4v) is 3.45. The van der Waals surface area contributed by atoms with Crippen molar-refractivity contribution in [1.82, 2.24) is 0 Å². The summed E-state index contributed by atoms with van der Waals surface area (Å²) in [7, 11) is 0. The smallest absolute Gasteiger partial charge is 0.300 e. The minimum absolute atomic E-state index is 0.330. The van der Waals surface area contributed by atoms with Gasteiger partial charge in [-0.05, 0) is 56.9 Å². The number of fused-ring (bicyclic) bond motifs is 3. The van der Waals surface area contributed by atoms with Crippen molar-refractivity contribution in [3.05, 3.63) is 47.0 Å². The Kier molecular flexibility index (Phi) is 6.53. The van der Waals surface area contributed by atoms with E-state index in [4.69, 9.17) is 14.6 Å². The number of carboxylic acid groups (broad SMARTS) is 1. The highest BCUT2D eigenvalue weighted by Crippen LogP contribution is 2.49. The number of benzene rings is 2. The molecule has 2 N–H and O–H groups in total. The van der Waals surface area contributed by atoms with E-state index in [1.54, 1.807) is 0 Å². The van der Waals surface area contributed by atoms with Crippen LogP contribution in [0, 0.1) is 6.92 Å². The number of carboxylic acids is 1. The van der Waals surface area contributed by atoms with Crippen LogP contribution < -0.4 is 4.74 Å². The molecule has 0 spiro atoms. The number of hydrogen-bond acceptors (Lipinski definition) is 3. The van der Waals surface area contributed by atoms with E-state index in [1.165, 1.54) is 18.4 Å². The Balaban J connectivity index is 0.000000596. The normalized spacial score (nSPS) is 13.5. The topological polar surface area (TPSA) is 66.8 Å². The molecular weight excluding hydrogens is 340 g/mol. The van der Waals surface area contributed by atoms with Crippen LogP contribution in [0.5, 0.6) is 11.5 Å². The molecule has 0 aliphatic carbocycles. The van der Waals surface area contributed by atoms with Crippen molar-refractivity contribution in [3.63, 3.8) is 0 Å². The lowest BCUT2D eigenvalue weighted by Gasteiger charge is -2.35. The second kappa shape index (κ2) is 8.47. The van der Waals surface area contributed by atoms with E-state index >= 15 is 0 Å². The Bertz CT molecular complexity index is 817. The molecule has 1 heterocycles. The summed E-state index contributed by atoms with van der Waals surface area (Å²) in [5, 5.41) is 18.0. The van der Waals surface area contributed by atoms with Crippen LogP contribution in [0.2, 0.25) is 0 Å². The van der Waals surface area contributed by atoms with Gasteiger partial charge >= 0.3 is 0 Å². The number of hydrogen-bond donors (Lipinski definition) is 2. The molecule has 0 fully saturated rings. The van der Waals surface area contributed by atoms with Crippen LogP contribution in [-0.4, -0.2) is 16.2 Å². The van der Waals surface area contributed by atoms with Crippen molar-refractivity contribution in [2.24, 2.45) is 0 Å². The van der Waals surface area contributed by atoms with Gasteiger partial charge in [0.2, 0.25) is 0 Å². The minimum atomic E-state index is -0.833.